The molecule has 18 heavy (non-hydrogen) atoms. The largest absolute Gasteiger partial charge is 0.337 e. The van der Waals surface area contributed by atoms with Gasteiger partial charge in [0.2, 0.25) is 0 Å². The van der Waals surface area contributed by atoms with Crippen molar-refractivity contribution >= 4 is 27.2 Å². The molecule has 3 rings (SSSR count). The SMILES string of the molecule is CN1c2cccnc2Nc2ccccc2S1(=O)=O. The van der Waals surface area contributed by atoms with E-state index in [1.54, 1.807) is 42.6 Å². The Kier molecular flexibility index (Phi) is 2.27. The number of para-hydroxylation sites is 1. The molecular formula is C12H11N3O2S. The van der Waals surface area contributed by atoms with Crippen molar-refractivity contribution in [1.82, 2.24) is 4.98 Å². The molecule has 92 valence electrons. The second-order valence-electron chi connectivity index (χ2n) is 3.96. The fourth-order valence-electron chi connectivity index (χ4n) is 1.95. The number of sulfonamides is 1. The Labute approximate surface area is 105 Å². The van der Waals surface area contributed by atoms with Crippen LogP contribution in [0.2, 0.25) is 0 Å². The highest BCUT2D eigenvalue weighted by atomic mass is 32.2. The lowest BCUT2D eigenvalue weighted by molar-refractivity contribution is 0.595. The number of benzene rings is 1. The van der Waals surface area contributed by atoms with Crippen molar-refractivity contribution in [2.75, 3.05) is 16.7 Å². The van der Waals surface area contributed by atoms with Crippen molar-refractivity contribution < 1.29 is 8.42 Å². The molecule has 1 aliphatic heterocycles. The van der Waals surface area contributed by atoms with E-state index in [0.717, 1.165) is 0 Å². The van der Waals surface area contributed by atoms with Gasteiger partial charge in [0.1, 0.15) is 4.90 Å². The highest BCUT2D eigenvalue weighted by Crippen LogP contribution is 2.36. The summed E-state index contributed by atoms with van der Waals surface area (Å²) in [6, 6.07) is 10.2. The molecule has 5 nitrogen and oxygen atoms in total. The van der Waals surface area contributed by atoms with Crippen LogP contribution in [0.25, 0.3) is 0 Å². The lowest BCUT2D eigenvalue weighted by Crippen LogP contribution is -2.25. The minimum atomic E-state index is -3.54. The summed E-state index contributed by atoms with van der Waals surface area (Å²) in [5.41, 5.74) is 1.08. The van der Waals surface area contributed by atoms with E-state index in [2.05, 4.69) is 10.3 Å². The van der Waals surface area contributed by atoms with Crippen LogP contribution in [-0.2, 0) is 10.0 Å². The molecule has 0 bridgehead atoms. The monoisotopic (exact) mass is 261 g/mol. The molecule has 1 N–H and O–H groups in total. The van der Waals surface area contributed by atoms with Crippen molar-refractivity contribution in [3.63, 3.8) is 0 Å². The molecule has 1 aliphatic rings. The standard InChI is InChI=1S/C12H11N3O2S/c1-15-10-6-4-8-13-12(10)14-9-5-2-3-7-11(9)18(15,16)17/h2-8H,1H3,(H,13,14). The Morgan fingerprint density at radius 3 is 2.78 bits per heavy atom. The van der Waals surface area contributed by atoms with Gasteiger partial charge in [-0.25, -0.2) is 13.4 Å². The van der Waals surface area contributed by atoms with Crippen LogP contribution >= 0.6 is 0 Å². The maximum Gasteiger partial charge on any atom is 0.266 e. The maximum absolute atomic E-state index is 12.4. The van der Waals surface area contributed by atoms with Crippen LogP contribution in [0.1, 0.15) is 0 Å². The summed E-state index contributed by atoms with van der Waals surface area (Å²) < 4.78 is 26.1. The van der Waals surface area contributed by atoms with Gasteiger partial charge in [0.05, 0.1) is 11.4 Å². The second-order valence-corrected chi connectivity index (χ2v) is 5.90. The molecule has 0 amide bonds. The summed E-state index contributed by atoms with van der Waals surface area (Å²) in [5.74, 6) is 0.536. The number of anilines is 3. The number of pyridine rings is 1. The van der Waals surface area contributed by atoms with Gasteiger partial charge in [0.25, 0.3) is 10.0 Å². The number of fused-ring (bicyclic) bond motifs is 2. The summed E-state index contributed by atoms with van der Waals surface area (Å²) in [6.45, 7) is 0. The van der Waals surface area contributed by atoms with E-state index in [0.29, 0.717) is 17.2 Å². The Balaban J connectivity index is 2.35. The second kappa shape index (κ2) is 3.71. The van der Waals surface area contributed by atoms with Crippen LogP contribution in [0.5, 0.6) is 0 Å². The Morgan fingerprint density at radius 1 is 1.17 bits per heavy atom. The highest BCUT2D eigenvalue weighted by molar-refractivity contribution is 7.93. The van der Waals surface area contributed by atoms with Crippen LogP contribution in [0, 0.1) is 0 Å². The Bertz CT molecular complexity index is 713. The third-order valence-electron chi connectivity index (χ3n) is 2.90. The lowest BCUT2D eigenvalue weighted by atomic mass is 10.3. The van der Waals surface area contributed by atoms with Gasteiger partial charge >= 0.3 is 0 Å². The van der Waals surface area contributed by atoms with Gasteiger partial charge in [-0.1, -0.05) is 12.1 Å². The number of nitrogens with zero attached hydrogens (tertiary/aromatic N) is 2. The number of aromatic nitrogens is 1. The molecule has 0 saturated carbocycles. The average Bonchev–Trinajstić information content (AvgIpc) is 2.46. The van der Waals surface area contributed by atoms with Crippen molar-refractivity contribution in [2.45, 2.75) is 4.90 Å². The van der Waals surface area contributed by atoms with Crippen LogP contribution in [0.3, 0.4) is 0 Å². The summed E-state index contributed by atoms with van der Waals surface area (Å²) in [7, 11) is -2.01. The highest BCUT2D eigenvalue weighted by Gasteiger charge is 2.29. The summed E-state index contributed by atoms with van der Waals surface area (Å²) in [4.78, 5) is 4.43. The third-order valence-corrected chi connectivity index (χ3v) is 4.73. The molecule has 2 aromatic rings. The van der Waals surface area contributed by atoms with E-state index < -0.39 is 10.0 Å². The smallest absolute Gasteiger partial charge is 0.266 e. The van der Waals surface area contributed by atoms with Crippen LogP contribution in [-0.4, -0.2) is 20.4 Å². The van der Waals surface area contributed by atoms with Gasteiger partial charge in [-0.05, 0) is 24.3 Å². The van der Waals surface area contributed by atoms with Crippen LogP contribution < -0.4 is 9.62 Å². The predicted molar refractivity (Wildman–Crippen MR) is 69.6 cm³/mol. The van der Waals surface area contributed by atoms with Crippen LogP contribution in [0.15, 0.2) is 47.5 Å². The van der Waals surface area contributed by atoms with Crippen molar-refractivity contribution in [3.05, 3.63) is 42.6 Å². The Hall–Kier alpha value is -2.08. The number of rotatable bonds is 0. The molecule has 0 atom stereocenters. The zero-order chi connectivity index (χ0) is 12.8. The molecule has 0 radical (unpaired) electrons. The first kappa shape index (κ1) is 11.0. The van der Waals surface area contributed by atoms with Crippen molar-refractivity contribution in [1.29, 1.82) is 0 Å². The van der Waals surface area contributed by atoms with Gasteiger partial charge in [0.15, 0.2) is 5.82 Å². The topological polar surface area (TPSA) is 62.3 Å². The van der Waals surface area contributed by atoms with E-state index in [1.807, 2.05) is 0 Å². The normalized spacial score (nSPS) is 16.2. The molecular weight excluding hydrogens is 250 g/mol. The summed E-state index contributed by atoms with van der Waals surface area (Å²) >= 11 is 0. The zero-order valence-electron chi connectivity index (χ0n) is 9.66. The zero-order valence-corrected chi connectivity index (χ0v) is 10.5. The molecule has 2 heterocycles. The van der Waals surface area contributed by atoms with Gasteiger partial charge in [0, 0.05) is 13.2 Å². The first-order valence-electron chi connectivity index (χ1n) is 5.41. The number of nitrogens with one attached hydrogen (secondary N) is 1. The van der Waals surface area contributed by atoms with Gasteiger partial charge in [-0.2, -0.15) is 0 Å². The average molecular weight is 261 g/mol. The van der Waals surface area contributed by atoms with E-state index in [4.69, 9.17) is 0 Å². The molecule has 0 fully saturated rings. The fraction of sp³-hybridized carbons (Fsp3) is 0.0833. The quantitative estimate of drug-likeness (QED) is 0.787. The Morgan fingerprint density at radius 2 is 1.94 bits per heavy atom. The molecule has 1 aromatic heterocycles. The first-order valence-corrected chi connectivity index (χ1v) is 6.85. The number of hydrogen-bond acceptors (Lipinski definition) is 4. The summed E-state index contributed by atoms with van der Waals surface area (Å²) in [5, 5.41) is 3.06. The van der Waals surface area contributed by atoms with Gasteiger partial charge < -0.3 is 5.32 Å². The molecule has 0 spiro atoms. The van der Waals surface area contributed by atoms with E-state index >= 15 is 0 Å². The van der Waals surface area contributed by atoms with E-state index in [1.165, 1.54) is 11.4 Å². The van der Waals surface area contributed by atoms with Gasteiger partial charge in [-0.3, -0.25) is 4.31 Å². The maximum atomic E-state index is 12.4. The fourth-order valence-corrected chi connectivity index (χ4v) is 3.30. The van der Waals surface area contributed by atoms with E-state index in [-0.39, 0.29) is 4.90 Å². The third kappa shape index (κ3) is 1.46. The molecule has 0 unspecified atom stereocenters. The minimum absolute atomic E-state index is 0.255. The minimum Gasteiger partial charge on any atom is -0.337 e. The van der Waals surface area contributed by atoms with E-state index in [9.17, 15) is 8.42 Å². The lowest BCUT2D eigenvalue weighted by Gasteiger charge is -2.17. The van der Waals surface area contributed by atoms with Gasteiger partial charge in [-0.15, -0.1) is 0 Å². The number of hydrogen-bond donors (Lipinski definition) is 1. The first-order chi connectivity index (χ1) is 8.60. The van der Waals surface area contributed by atoms with Crippen molar-refractivity contribution in [2.24, 2.45) is 0 Å². The molecule has 1 aromatic carbocycles. The summed E-state index contributed by atoms with van der Waals surface area (Å²) in [6.07, 6.45) is 1.63. The molecule has 6 heteroatoms. The predicted octanol–water partition coefficient (Wildman–Crippen LogP) is 1.96. The van der Waals surface area contributed by atoms with Crippen LogP contribution in [0.4, 0.5) is 17.2 Å². The molecule has 0 aliphatic carbocycles. The van der Waals surface area contributed by atoms with Crippen molar-refractivity contribution in [3.8, 4) is 0 Å². The molecule has 0 saturated heterocycles.